The molecule has 1 amide bonds. The Balaban J connectivity index is 2.08. The Morgan fingerprint density at radius 2 is 2.05 bits per heavy atom. The maximum Gasteiger partial charge on any atom is 0.255 e. The molecule has 20 heavy (non-hydrogen) atoms. The quantitative estimate of drug-likeness (QED) is 0.872. The van der Waals surface area contributed by atoms with Crippen molar-refractivity contribution in [1.29, 1.82) is 0 Å². The molecule has 0 radical (unpaired) electrons. The van der Waals surface area contributed by atoms with Crippen LogP contribution in [0, 0.1) is 0 Å². The van der Waals surface area contributed by atoms with Gasteiger partial charge < -0.3 is 20.1 Å². The van der Waals surface area contributed by atoms with Gasteiger partial charge in [-0.1, -0.05) is 12.1 Å². The van der Waals surface area contributed by atoms with Crippen LogP contribution in [-0.2, 0) is 4.74 Å². The largest absolute Gasteiger partial charge is 0.388 e. The highest BCUT2D eigenvalue weighted by Gasteiger charge is 2.32. The third-order valence-electron chi connectivity index (χ3n) is 3.73. The first-order valence-corrected chi connectivity index (χ1v) is 6.88. The van der Waals surface area contributed by atoms with Crippen LogP contribution in [0.1, 0.15) is 23.2 Å². The summed E-state index contributed by atoms with van der Waals surface area (Å²) in [6, 6.07) is 7.38. The minimum atomic E-state index is -0.836. The molecule has 1 heterocycles. The number of likely N-dealkylation sites (N-methyl/N-ethyl adjacent to an activating group) is 1. The fourth-order valence-corrected chi connectivity index (χ4v) is 2.52. The van der Waals surface area contributed by atoms with E-state index in [2.05, 4.69) is 5.32 Å². The lowest BCUT2D eigenvalue weighted by Gasteiger charge is -2.35. The van der Waals surface area contributed by atoms with Crippen LogP contribution in [0.4, 0.5) is 5.69 Å². The van der Waals surface area contributed by atoms with Crippen LogP contribution in [0.3, 0.4) is 0 Å². The molecule has 1 aromatic carbocycles. The Morgan fingerprint density at radius 1 is 1.40 bits per heavy atom. The molecule has 2 N–H and O–H groups in total. The van der Waals surface area contributed by atoms with Gasteiger partial charge in [-0.3, -0.25) is 4.79 Å². The summed E-state index contributed by atoms with van der Waals surface area (Å²) in [4.78, 5) is 14.1. The van der Waals surface area contributed by atoms with E-state index in [1.165, 1.54) is 0 Å². The highest BCUT2D eigenvalue weighted by molar-refractivity contribution is 5.99. The van der Waals surface area contributed by atoms with Crippen molar-refractivity contribution in [1.82, 2.24) is 4.90 Å². The van der Waals surface area contributed by atoms with Crippen molar-refractivity contribution in [2.24, 2.45) is 0 Å². The SMILES string of the molecule is CNc1ccccc1C(=O)N(C)CC1(O)CCOCC1. The smallest absolute Gasteiger partial charge is 0.255 e. The van der Waals surface area contributed by atoms with Crippen molar-refractivity contribution >= 4 is 11.6 Å². The summed E-state index contributed by atoms with van der Waals surface area (Å²) in [5.74, 6) is -0.0881. The van der Waals surface area contributed by atoms with Gasteiger partial charge in [0.05, 0.1) is 11.2 Å². The van der Waals surface area contributed by atoms with Gasteiger partial charge in [0.2, 0.25) is 0 Å². The maximum absolute atomic E-state index is 12.5. The maximum atomic E-state index is 12.5. The van der Waals surface area contributed by atoms with Gasteiger partial charge in [0.25, 0.3) is 5.91 Å². The van der Waals surface area contributed by atoms with Crippen molar-refractivity contribution in [3.05, 3.63) is 29.8 Å². The van der Waals surface area contributed by atoms with E-state index in [1.54, 1.807) is 25.1 Å². The molecule has 0 unspecified atom stereocenters. The molecule has 2 rings (SSSR count). The number of hydrogen-bond acceptors (Lipinski definition) is 4. The predicted octanol–water partition coefficient (Wildman–Crippen LogP) is 1.34. The monoisotopic (exact) mass is 278 g/mol. The predicted molar refractivity (Wildman–Crippen MR) is 78.0 cm³/mol. The van der Waals surface area contributed by atoms with E-state index < -0.39 is 5.60 Å². The average molecular weight is 278 g/mol. The first-order valence-electron chi connectivity index (χ1n) is 6.88. The van der Waals surface area contributed by atoms with Gasteiger partial charge in [-0.15, -0.1) is 0 Å². The Bertz CT molecular complexity index is 470. The normalized spacial score (nSPS) is 17.6. The number of para-hydroxylation sites is 1. The second-order valence-electron chi connectivity index (χ2n) is 5.29. The van der Waals surface area contributed by atoms with Crippen LogP contribution < -0.4 is 5.32 Å². The van der Waals surface area contributed by atoms with Crippen LogP contribution in [-0.4, -0.2) is 55.4 Å². The summed E-state index contributed by atoms with van der Waals surface area (Å²) < 4.78 is 5.25. The van der Waals surface area contributed by atoms with E-state index in [-0.39, 0.29) is 5.91 Å². The van der Waals surface area contributed by atoms with Crippen molar-refractivity contribution in [3.63, 3.8) is 0 Å². The molecule has 1 aliphatic heterocycles. The Kier molecular flexibility index (Phi) is 4.62. The lowest BCUT2D eigenvalue weighted by Crippen LogP contribution is -2.47. The van der Waals surface area contributed by atoms with Gasteiger partial charge in [0, 0.05) is 52.4 Å². The summed E-state index contributed by atoms with van der Waals surface area (Å²) in [5.41, 5.74) is 0.577. The van der Waals surface area contributed by atoms with E-state index in [0.717, 1.165) is 5.69 Å². The topological polar surface area (TPSA) is 61.8 Å². The minimum Gasteiger partial charge on any atom is -0.388 e. The number of carbonyl (C=O) groups is 1. The molecule has 0 aromatic heterocycles. The van der Waals surface area contributed by atoms with Crippen molar-refractivity contribution in [2.45, 2.75) is 18.4 Å². The van der Waals surface area contributed by atoms with E-state index >= 15 is 0 Å². The van der Waals surface area contributed by atoms with Crippen LogP contribution in [0.25, 0.3) is 0 Å². The molecular weight excluding hydrogens is 256 g/mol. The average Bonchev–Trinajstić information content (AvgIpc) is 2.46. The summed E-state index contributed by atoms with van der Waals surface area (Å²) in [6.07, 6.45) is 1.14. The standard InChI is InChI=1S/C15H22N2O3/c1-16-13-6-4-3-5-12(13)14(18)17(2)11-15(19)7-9-20-10-8-15/h3-6,16,19H,7-11H2,1-2H3. The second-order valence-corrected chi connectivity index (χ2v) is 5.29. The van der Waals surface area contributed by atoms with Crippen molar-refractivity contribution < 1.29 is 14.6 Å². The zero-order valence-electron chi connectivity index (χ0n) is 12.1. The van der Waals surface area contributed by atoms with Gasteiger partial charge in [-0.2, -0.15) is 0 Å². The van der Waals surface area contributed by atoms with Gasteiger partial charge in [-0.25, -0.2) is 0 Å². The third-order valence-corrected chi connectivity index (χ3v) is 3.73. The first-order chi connectivity index (χ1) is 9.56. The number of amides is 1. The Morgan fingerprint density at radius 3 is 2.70 bits per heavy atom. The Hall–Kier alpha value is -1.59. The van der Waals surface area contributed by atoms with Crippen molar-refractivity contribution in [2.75, 3.05) is 39.2 Å². The molecule has 110 valence electrons. The van der Waals surface area contributed by atoms with E-state index in [9.17, 15) is 9.90 Å². The molecule has 1 saturated heterocycles. The third kappa shape index (κ3) is 3.29. The van der Waals surface area contributed by atoms with Gasteiger partial charge in [0.15, 0.2) is 0 Å². The first kappa shape index (κ1) is 14.8. The van der Waals surface area contributed by atoms with Crippen LogP contribution in [0.2, 0.25) is 0 Å². The summed E-state index contributed by atoms with van der Waals surface area (Å²) in [6.45, 7) is 1.42. The molecule has 0 atom stereocenters. The minimum absolute atomic E-state index is 0.0881. The fraction of sp³-hybridized carbons (Fsp3) is 0.533. The molecule has 0 spiro atoms. The van der Waals surface area contributed by atoms with Crippen LogP contribution >= 0.6 is 0 Å². The second kappa shape index (κ2) is 6.24. The van der Waals surface area contributed by atoms with Gasteiger partial charge in [-0.05, 0) is 12.1 Å². The summed E-state index contributed by atoms with van der Waals surface area (Å²) in [5, 5.41) is 13.5. The lowest BCUT2D eigenvalue weighted by atomic mass is 9.93. The number of ether oxygens (including phenoxy) is 1. The molecule has 0 bridgehead atoms. The van der Waals surface area contributed by atoms with Crippen LogP contribution in [0.5, 0.6) is 0 Å². The Labute approximate surface area is 119 Å². The number of anilines is 1. The van der Waals surface area contributed by atoms with Crippen LogP contribution in [0.15, 0.2) is 24.3 Å². The zero-order valence-corrected chi connectivity index (χ0v) is 12.1. The van der Waals surface area contributed by atoms with Gasteiger partial charge in [0.1, 0.15) is 0 Å². The number of nitrogens with one attached hydrogen (secondary N) is 1. The number of rotatable bonds is 4. The molecule has 0 saturated carbocycles. The molecule has 5 heteroatoms. The van der Waals surface area contributed by atoms with E-state index in [0.29, 0.717) is 38.2 Å². The molecular formula is C15H22N2O3. The zero-order chi connectivity index (χ0) is 14.6. The number of nitrogens with zero attached hydrogens (tertiary/aromatic N) is 1. The number of benzene rings is 1. The molecule has 1 fully saturated rings. The number of hydrogen-bond donors (Lipinski definition) is 2. The van der Waals surface area contributed by atoms with Gasteiger partial charge >= 0.3 is 0 Å². The van der Waals surface area contributed by atoms with E-state index in [1.807, 2.05) is 18.2 Å². The highest BCUT2D eigenvalue weighted by atomic mass is 16.5. The summed E-state index contributed by atoms with van der Waals surface area (Å²) >= 11 is 0. The lowest BCUT2D eigenvalue weighted by molar-refractivity contribution is -0.0734. The number of aliphatic hydroxyl groups is 1. The molecule has 5 nitrogen and oxygen atoms in total. The summed E-state index contributed by atoms with van der Waals surface area (Å²) in [7, 11) is 3.51. The fourth-order valence-electron chi connectivity index (χ4n) is 2.52. The highest BCUT2D eigenvalue weighted by Crippen LogP contribution is 2.23. The molecule has 1 aromatic rings. The molecule has 1 aliphatic rings. The molecule has 0 aliphatic carbocycles. The number of carbonyl (C=O) groups excluding carboxylic acids is 1. The van der Waals surface area contributed by atoms with Crippen molar-refractivity contribution in [3.8, 4) is 0 Å². The van der Waals surface area contributed by atoms with E-state index in [4.69, 9.17) is 4.74 Å².